The van der Waals surface area contributed by atoms with Crippen LogP contribution < -0.4 is 0 Å². The van der Waals surface area contributed by atoms with Crippen LogP contribution >= 0.6 is 0 Å². The molecule has 0 spiro atoms. The number of ketones is 3. The van der Waals surface area contributed by atoms with Gasteiger partial charge >= 0.3 is 0 Å². The van der Waals surface area contributed by atoms with Crippen molar-refractivity contribution in [2.24, 2.45) is 85.2 Å². The summed E-state index contributed by atoms with van der Waals surface area (Å²) in [6, 6.07) is 0. The van der Waals surface area contributed by atoms with E-state index >= 15 is 0 Å². The molecule has 14 aliphatic carbocycles. The predicted octanol–water partition coefficient (Wildman–Crippen LogP) is 20.2. The van der Waals surface area contributed by atoms with Gasteiger partial charge < -0.3 is 24.8 Å². The van der Waals surface area contributed by atoms with Crippen molar-refractivity contribution in [3.63, 3.8) is 0 Å². The lowest BCUT2D eigenvalue weighted by Gasteiger charge is -2.59. The Balaban J connectivity index is 0.000000141. The highest BCUT2D eigenvalue weighted by atomic mass is 16.5. The molecule has 6 unspecified atom stereocenters. The number of methoxy groups -OCH3 is 2. The SMILES string of the molecule is C.CC/C=C(\C)[C@H]1CCC2C3CC=C4C=C(OC)CC[C@]4(C)C3CC[C@@]21C.CC/C=C(\C)[C@H]1CCC2C3C[C@@H](O)C4=CC(=O)CC[C@]4(C)C3CC[C@@]21C.COC1=CC2=CCCC[C@@]2(C)CC1.C[C@@]12CCC[C@@H](O)C1=CC(=O)CC2.C[C@@]12CCC[C@@H](O)C1=CC(=O)CC2. The molecule has 8 nitrogen and oxygen atoms in total. The summed E-state index contributed by atoms with van der Waals surface area (Å²) in [5.74, 6) is 9.21. The highest BCUT2D eigenvalue weighted by Crippen LogP contribution is 2.69. The molecule has 8 heteroatoms. The Morgan fingerprint density at radius 2 is 0.913 bits per heavy atom. The van der Waals surface area contributed by atoms with E-state index in [9.17, 15) is 29.7 Å². The first-order valence-electron chi connectivity index (χ1n) is 37.3. The maximum Gasteiger partial charge on any atom is 0.155 e. The van der Waals surface area contributed by atoms with Crippen molar-refractivity contribution >= 4 is 17.3 Å². The van der Waals surface area contributed by atoms with Gasteiger partial charge in [0.25, 0.3) is 0 Å². The summed E-state index contributed by atoms with van der Waals surface area (Å²) in [7, 11) is 3.61. The number of ether oxygens (including phenoxy) is 2. The molecule has 512 valence electrons. The van der Waals surface area contributed by atoms with Crippen LogP contribution in [0.25, 0.3) is 0 Å². The number of aliphatic hydroxyl groups is 3. The smallest absolute Gasteiger partial charge is 0.155 e. The zero-order valence-corrected chi connectivity index (χ0v) is 59.4. The highest BCUT2D eigenvalue weighted by Gasteiger charge is 2.62. The lowest BCUT2D eigenvalue weighted by molar-refractivity contribution is -0.119. The maximum absolute atomic E-state index is 12.0. The van der Waals surface area contributed by atoms with Crippen LogP contribution in [0, 0.1) is 85.2 Å². The summed E-state index contributed by atoms with van der Waals surface area (Å²) in [5, 5.41) is 30.5. The molecule has 0 saturated heterocycles. The third kappa shape index (κ3) is 14.0. The Morgan fingerprint density at radius 1 is 0.467 bits per heavy atom. The molecule has 0 aromatic rings. The van der Waals surface area contributed by atoms with E-state index in [0.29, 0.717) is 52.8 Å². The van der Waals surface area contributed by atoms with Crippen LogP contribution in [-0.2, 0) is 23.9 Å². The third-order valence-electron chi connectivity index (χ3n) is 28.6. The van der Waals surface area contributed by atoms with Gasteiger partial charge in [0.15, 0.2) is 17.3 Å². The Kier molecular flexibility index (Phi) is 22.9. The van der Waals surface area contributed by atoms with Gasteiger partial charge in [0.2, 0.25) is 0 Å². The Bertz CT molecular complexity index is 2940. The standard InChI is InChI=1S/C25H38O.C24H36O2.C12H18O.2C11H16O2.CH4/c1-6-7-17(2)21-10-11-22-20-9-8-18-16-19(26-5)12-14-24(18,3)23(20)13-15-25(21,22)4;1-5-6-15(2)18-7-8-19-17-14-22(26)21-13-16(25)9-11-24(21,4)20(17)10-12-23(18,19)3;1-12-7-4-3-5-10(12)9-11(13-2)6-8-12;2*1-11-5-2-3-10(13)9(11)7-8(12)4-6-11;/h7-8,16,20-23H,6,9-15H2,1-5H3;6,13,17-20,22,26H,5,7-12,14H2,1-4H3;5,9H,3-4,6-8H2,1-2H3;2*7,10,13H,2-6H2,1H3;1H4/b17-7+;15-6+;;;;/t20?,21-,22?,23?,24+,25-;17?,18-,19?,20?,22-,23-,24-;12-;2*10-,11+;/m11011./s1. The highest BCUT2D eigenvalue weighted by molar-refractivity contribution is 5.93. The summed E-state index contributed by atoms with van der Waals surface area (Å²) >= 11 is 0. The van der Waals surface area contributed by atoms with Crippen molar-refractivity contribution in [2.45, 2.75) is 301 Å². The van der Waals surface area contributed by atoms with Crippen LogP contribution in [0.5, 0.6) is 0 Å². The van der Waals surface area contributed by atoms with Crippen molar-refractivity contribution in [1.82, 2.24) is 0 Å². The van der Waals surface area contributed by atoms with E-state index in [2.05, 4.69) is 113 Å². The summed E-state index contributed by atoms with van der Waals surface area (Å²) in [6.07, 6.45) is 53.7. The Hall–Kier alpha value is -3.85. The molecule has 3 N–H and O–H groups in total. The van der Waals surface area contributed by atoms with Crippen molar-refractivity contribution in [3.8, 4) is 0 Å². The van der Waals surface area contributed by atoms with Gasteiger partial charge in [0.1, 0.15) is 0 Å². The topological polar surface area (TPSA) is 130 Å². The Morgan fingerprint density at radius 3 is 1.43 bits per heavy atom. The molecule has 0 bridgehead atoms. The van der Waals surface area contributed by atoms with Crippen LogP contribution in [0.15, 0.2) is 105 Å². The molecule has 0 aromatic carbocycles. The number of fused-ring (bicyclic) bond motifs is 13. The molecule has 0 radical (unpaired) electrons. The van der Waals surface area contributed by atoms with E-state index in [1.807, 2.05) is 13.2 Å². The lowest BCUT2D eigenvalue weighted by atomic mass is 9.46. The molecule has 7 saturated carbocycles. The fraction of sp³-hybridized carbons (Fsp3) is 0.750. The largest absolute Gasteiger partial charge is 0.501 e. The van der Waals surface area contributed by atoms with E-state index in [1.165, 1.54) is 108 Å². The zero-order chi connectivity index (χ0) is 65.5. The number of carbonyl (C=O) groups is 3. The van der Waals surface area contributed by atoms with E-state index in [1.54, 1.807) is 36.0 Å². The number of rotatable bonds is 6. The van der Waals surface area contributed by atoms with E-state index in [-0.39, 0.29) is 53.2 Å². The second kappa shape index (κ2) is 29.1. The maximum atomic E-state index is 12.0. The van der Waals surface area contributed by atoms with Crippen LogP contribution in [0.1, 0.15) is 283 Å². The Labute approximate surface area is 559 Å². The summed E-state index contributed by atoms with van der Waals surface area (Å²) < 4.78 is 10.9. The van der Waals surface area contributed by atoms with Gasteiger partial charge in [-0.05, 0) is 324 Å². The molecule has 18 atom stereocenters. The van der Waals surface area contributed by atoms with E-state index in [0.717, 1.165) is 141 Å². The minimum Gasteiger partial charge on any atom is -0.501 e. The average molecular weight is 1270 g/mol. The van der Waals surface area contributed by atoms with E-state index < -0.39 is 6.10 Å². The lowest BCUT2D eigenvalue weighted by Crippen LogP contribution is -2.53. The van der Waals surface area contributed by atoms with Gasteiger partial charge in [-0.3, -0.25) is 14.4 Å². The van der Waals surface area contributed by atoms with Crippen molar-refractivity contribution in [3.05, 3.63) is 105 Å². The van der Waals surface area contributed by atoms with Gasteiger partial charge in [0.05, 0.1) is 44.0 Å². The molecular formula is C84H128O8. The first-order chi connectivity index (χ1) is 43.2. The number of aliphatic hydroxyl groups excluding tert-OH is 3. The molecule has 92 heavy (non-hydrogen) atoms. The zero-order valence-electron chi connectivity index (χ0n) is 59.4. The molecule has 14 rings (SSSR count). The second-order valence-corrected chi connectivity index (χ2v) is 33.7. The first kappa shape index (κ1) is 72.4. The monoisotopic (exact) mass is 1260 g/mol. The summed E-state index contributed by atoms with van der Waals surface area (Å²) in [6.45, 7) is 26.1. The van der Waals surface area contributed by atoms with Gasteiger partial charge in [-0.25, -0.2) is 0 Å². The minimum atomic E-state index is -0.404. The van der Waals surface area contributed by atoms with Crippen molar-refractivity contribution in [2.75, 3.05) is 14.2 Å². The second-order valence-electron chi connectivity index (χ2n) is 33.7. The van der Waals surface area contributed by atoms with E-state index in [4.69, 9.17) is 9.47 Å². The third-order valence-corrected chi connectivity index (χ3v) is 28.6. The molecule has 0 aromatic heterocycles. The fourth-order valence-electron chi connectivity index (χ4n) is 23.1. The number of hydrogen-bond donors (Lipinski definition) is 3. The number of carbonyl (C=O) groups excluding carboxylic acids is 3. The van der Waals surface area contributed by atoms with Crippen LogP contribution in [0.3, 0.4) is 0 Å². The molecule has 7 fully saturated rings. The molecule has 14 aliphatic rings. The number of hydrogen-bond acceptors (Lipinski definition) is 8. The molecule has 0 aliphatic heterocycles. The quantitative estimate of drug-likeness (QED) is 0.224. The summed E-state index contributed by atoms with van der Waals surface area (Å²) in [5.41, 5.74) is 11.5. The van der Waals surface area contributed by atoms with Gasteiger partial charge in [0, 0.05) is 32.1 Å². The number of allylic oxidation sites excluding steroid dienone is 14. The van der Waals surface area contributed by atoms with Crippen LogP contribution in [0.4, 0.5) is 0 Å². The van der Waals surface area contributed by atoms with Crippen molar-refractivity contribution in [1.29, 1.82) is 0 Å². The predicted molar refractivity (Wildman–Crippen MR) is 377 cm³/mol. The first-order valence-corrected chi connectivity index (χ1v) is 37.3. The van der Waals surface area contributed by atoms with Crippen LogP contribution in [0.2, 0.25) is 0 Å². The molecular weight excluding hydrogens is 1140 g/mol. The van der Waals surface area contributed by atoms with Crippen molar-refractivity contribution < 1.29 is 39.2 Å². The van der Waals surface area contributed by atoms with Crippen LogP contribution in [-0.4, -0.2) is 65.2 Å². The molecule has 0 heterocycles. The van der Waals surface area contributed by atoms with Gasteiger partial charge in [-0.1, -0.05) is 105 Å². The minimum absolute atomic E-state index is 0. The van der Waals surface area contributed by atoms with Gasteiger partial charge in [-0.15, -0.1) is 0 Å². The molecule has 0 amide bonds. The normalized spacial score (nSPS) is 42.4. The van der Waals surface area contributed by atoms with Gasteiger partial charge in [-0.2, -0.15) is 0 Å². The fourth-order valence-corrected chi connectivity index (χ4v) is 23.1. The summed E-state index contributed by atoms with van der Waals surface area (Å²) in [4.78, 5) is 34.4. The average Bonchev–Trinajstić information content (AvgIpc) is 1.35.